The van der Waals surface area contributed by atoms with Crippen LogP contribution in [0.5, 0.6) is 0 Å². The summed E-state index contributed by atoms with van der Waals surface area (Å²) in [7, 11) is -3.49. The van der Waals surface area contributed by atoms with Crippen LogP contribution >= 0.6 is 0 Å². The normalized spacial score (nSPS) is 15.4. The SMILES string of the molecule is CCCS(=O)(=O)N(CC(=O)N(Cc1ccccc1)C1CCN(C(=O)CC)CC1)CC(C)C. The molecule has 0 saturated carbocycles. The van der Waals surface area contributed by atoms with Crippen molar-refractivity contribution in [3.05, 3.63) is 35.9 Å². The molecule has 1 aliphatic rings. The summed E-state index contributed by atoms with van der Waals surface area (Å²) in [4.78, 5) is 29.3. The van der Waals surface area contributed by atoms with Gasteiger partial charge in [-0.1, -0.05) is 58.0 Å². The number of hydrogen-bond acceptors (Lipinski definition) is 4. The second-order valence-electron chi connectivity index (χ2n) is 8.98. The first-order valence-electron chi connectivity index (χ1n) is 11.8. The standard InChI is InChI=1S/C24H39N3O4S/c1-5-16-32(30,31)26(17-20(3)4)19-24(29)27(18-21-10-8-7-9-11-21)22-12-14-25(15-13-22)23(28)6-2/h7-11,20,22H,5-6,12-19H2,1-4H3. The molecule has 0 atom stereocenters. The lowest BCUT2D eigenvalue weighted by Crippen LogP contribution is -2.51. The smallest absolute Gasteiger partial charge is 0.238 e. The van der Waals surface area contributed by atoms with E-state index in [2.05, 4.69) is 0 Å². The zero-order valence-electron chi connectivity index (χ0n) is 20.0. The van der Waals surface area contributed by atoms with E-state index in [1.165, 1.54) is 4.31 Å². The molecule has 0 spiro atoms. The van der Waals surface area contributed by atoms with E-state index in [1.54, 1.807) is 0 Å². The maximum absolute atomic E-state index is 13.5. The van der Waals surface area contributed by atoms with Crippen molar-refractivity contribution in [2.75, 3.05) is 31.9 Å². The van der Waals surface area contributed by atoms with E-state index in [0.29, 0.717) is 51.9 Å². The first-order chi connectivity index (χ1) is 15.2. The van der Waals surface area contributed by atoms with Crippen molar-refractivity contribution in [2.45, 2.75) is 66.0 Å². The lowest BCUT2D eigenvalue weighted by molar-refractivity contribution is -0.137. The molecule has 1 aromatic carbocycles. The van der Waals surface area contributed by atoms with Crippen LogP contribution in [0, 0.1) is 5.92 Å². The molecule has 0 N–H and O–H groups in total. The number of sulfonamides is 1. The molecule has 1 heterocycles. The van der Waals surface area contributed by atoms with Crippen LogP contribution in [0.15, 0.2) is 30.3 Å². The molecule has 0 unspecified atom stereocenters. The maximum atomic E-state index is 13.5. The van der Waals surface area contributed by atoms with Gasteiger partial charge in [0.05, 0.1) is 12.3 Å². The van der Waals surface area contributed by atoms with Crippen molar-refractivity contribution in [1.29, 1.82) is 0 Å². The van der Waals surface area contributed by atoms with Gasteiger partial charge in [0.15, 0.2) is 0 Å². The second kappa shape index (κ2) is 12.3. The monoisotopic (exact) mass is 465 g/mol. The summed E-state index contributed by atoms with van der Waals surface area (Å²) in [6.45, 7) is 9.50. The molecule has 180 valence electrons. The number of carbonyl (C=O) groups is 2. The van der Waals surface area contributed by atoms with Gasteiger partial charge in [-0.25, -0.2) is 8.42 Å². The summed E-state index contributed by atoms with van der Waals surface area (Å²) in [5.74, 6) is 0.135. The number of piperidine rings is 1. The minimum absolute atomic E-state index is 0.0154. The van der Waals surface area contributed by atoms with Crippen LogP contribution in [0.25, 0.3) is 0 Å². The largest absolute Gasteiger partial charge is 0.343 e. The van der Waals surface area contributed by atoms with Gasteiger partial charge >= 0.3 is 0 Å². The van der Waals surface area contributed by atoms with Gasteiger partial charge in [0, 0.05) is 38.6 Å². The van der Waals surface area contributed by atoms with Gasteiger partial charge in [-0.15, -0.1) is 0 Å². The first kappa shape index (κ1) is 26.3. The van der Waals surface area contributed by atoms with E-state index in [4.69, 9.17) is 0 Å². The molecule has 0 bridgehead atoms. The summed E-state index contributed by atoms with van der Waals surface area (Å²) < 4.78 is 27.0. The molecule has 7 nitrogen and oxygen atoms in total. The van der Waals surface area contributed by atoms with Crippen LogP contribution in [-0.4, -0.2) is 72.3 Å². The fourth-order valence-electron chi connectivity index (χ4n) is 4.16. The van der Waals surface area contributed by atoms with Crippen molar-refractivity contribution < 1.29 is 18.0 Å². The molecule has 1 fully saturated rings. The highest BCUT2D eigenvalue weighted by Crippen LogP contribution is 2.21. The van der Waals surface area contributed by atoms with E-state index < -0.39 is 10.0 Å². The average Bonchev–Trinajstić information content (AvgIpc) is 2.77. The molecule has 8 heteroatoms. The summed E-state index contributed by atoms with van der Waals surface area (Å²) in [6.07, 6.45) is 2.41. The Labute approximate surface area is 193 Å². The predicted molar refractivity (Wildman–Crippen MR) is 127 cm³/mol. The fourth-order valence-corrected chi connectivity index (χ4v) is 5.77. The van der Waals surface area contributed by atoms with Gasteiger partial charge in [0.2, 0.25) is 21.8 Å². The molecule has 0 aromatic heterocycles. The molecule has 2 rings (SSSR count). The molecule has 2 amide bonds. The number of benzene rings is 1. The Morgan fingerprint density at radius 3 is 2.25 bits per heavy atom. The number of carbonyl (C=O) groups excluding carboxylic acids is 2. The number of amides is 2. The van der Waals surface area contributed by atoms with Crippen LogP contribution in [0.4, 0.5) is 0 Å². The Morgan fingerprint density at radius 1 is 1.09 bits per heavy atom. The quantitative estimate of drug-likeness (QED) is 0.503. The number of rotatable bonds is 11. The Morgan fingerprint density at radius 2 is 1.72 bits per heavy atom. The Balaban J connectivity index is 2.22. The van der Waals surface area contributed by atoms with Gasteiger partial charge < -0.3 is 9.80 Å². The molecular weight excluding hydrogens is 426 g/mol. The van der Waals surface area contributed by atoms with Crippen molar-refractivity contribution in [2.24, 2.45) is 5.92 Å². The van der Waals surface area contributed by atoms with Crippen molar-refractivity contribution in [1.82, 2.24) is 14.1 Å². The Hall–Kier alpha value is -1.93. The molecule has 0 radical (unpaired) electrons. The highest BCUT2D eigenvalue weighted by molar-refractivity contribution is 7.89. The Bertz CT molecular complexity index is 834. The molecular formula is C24H39N3O4S. The second-order valence-corrected chi connectivity index (χ2v) is 11.1. The van der Waals surface area contributed by atoms with Crippen LogP contribution in [0.2, 0.25) is 0 Å². The van der Waals surface area contributed by atoms with Crippen molar-refractivity contribution >= 4 is 21.8 Å². The Kier molecular flexibility index (Phi) is 10.2. The highest BCUT2D eigenvalue weighted by atomic mass is 32.2. The molecule has 1 aliphatic heterocycles. The molecule has 0 aliphatic carbocycles. The van der Waals surface area contributed by atoms with E-state index in [-0.39, 0.29) is 36.1 Å². The lowest BCUT2D eigenvalue weighted by atomic mass is 10.0. The van der Waals surface area contributed by atoms with Crippen LogP contribution in [-0.2, 0) is 26.2 Å². The summed E-state index contributed by atoms with van der Waals surface area (Å²) in [5.41, 5.74) is 1.01. The minimum atomic E-state index is -3.49. The van der Waals surface area contributed by atoms with Crippen molar-refractivity contribution in [3.63, 3.8) is 0 Å². The third-order valence-corrected chi connectivity index (χ3v) is 7.80. The number of hydrogen-bond donors (Lipinski definition) is 0. The zero-order valence-corrected chi connectivity index (χ0v) is 20.8. The van der Waals surface area contributed by atoms with Gasteiger partial charge in [-0.2, -0.15) is 4.31 Å². The highest BCUT2D eigenvalue weighted by Gasteiger charge is 2.32. The molecule has 1 aromatic rings. The number of likely N-dealkylation sites (tertiary alicyclic amines) is 1. The van der Waals surface area contributed by atoms with Gasteiger partial charge in [0.1, 0.15) is 0 Å². The van der Waals surface area contributed by atoms with Gasteiger partial charge in [-0.3, -0.25) is 9.59 Å². The lowest BCUT2D eigenvalue weighted by Gasteiger charge is -2.39. The topological polar surface area (TPSA) is 78.0 Å². The van der Waals surface area contributed by atoms with Gasteiger partial charge in [0.25, 0.3) is 0 Å². The first-order valence-corrected chi connectivity index (χ1v) is 13.4. The van der Waals surface area contributed by atoms with Crippen LogP contribution < -0.4 is 0 Å². The van der Waals surface area contributed by atoms with E-state index in [9.17, 15) is 18.0 Å². The predicted octanol–water partition coefficient (Wildman–Crippen LogP) is 3.11. The van der Waals surface area contributed by atoms with Crippen LogP contribution in [0.1, 0.15) is 58.9 Å². The minimum Gasteiger partial charge on any atom is -0.343 e. The summed E-state index contributed by atoms with van der Waals surface area (Å²) in [6, 6.07) is 9.77. The maximum Gasteiger partial charge on any atom is 0.238 e. The van der Waals surface area contributed by atoms with Crippen molar-refractivity contribution in [3.8, 4) is 0 Å². The number of nitrogens with zero attached hydrogens (tertiary/aromatic N) is 3. The van der Waals surface area contributed by atoms with E-state index >= 15 is 0 Å². The average molecular weight is 466 g/mol. The molecule has 32 heavy (non-hydrogen) atoms. The third kappa shape index (κ3) is 7.59. The summed E-state index contributed by atoms with van der Waals surface area (Å²) >= 11 is 0. The van der Waals surface area contributed by atoms with Crippen LogP contribution in [0.3, 0.4) is 0 Å². The van der Waals surface area contributed by atoms with E-state index in [1.807, 2.05) is 67.8 Å². The van der Waals surface area contributed by atoms with E-state index in [0.717, 1.165) is 5.56 Å². The van der Waals surface area contributed by atoms with Gasteiger partial charge in [-0.05, 0) is 30.7 Å². The zero-order chi connectivity index (χ0) is 23.7. The summed E-state index contributed by atoms with van der Waals surface area (Å²) in [5, 5.41) is 0. The fraction of sp³-hybridized carbons (Fsp3) is 0.667. The molecule has 1 saturated heterocycles. The third-order valence-electron chi connectivity index (χ3n) is 5.81.